The molecule has 0 saturated heterocycles. The lowest BCUT2D eigenvalue weighted by atomic mass is 10.2. The van der Waals surface area contributed by atoms with Crippen LogP contribution in [-0.4, -0.2) is 26.2 Å². The first-order chi connectivity index (χ1) is 11.0. The van der Waals surface area contributed by atoms with Crippen LogP contribution in [0.15, 0.2) is 42.5 Å². The Hall–Kier alpha value is -2.69. The number of carbonyl (C=O) groups excluding carboxylic acids is 1. The van der Waals surface area contributed by atoms with Gasteiger partial charge in [0.25, 0.3) is 0 Å². The van der Waals surface area contributed by atoms with Gasteiger partial charge >= 0.3 is 0 Å². The quantitative estimate of drug-likeness (QED) is 0.857. The van der Waals surface area contributed by atoms with Crippen LogP contribution in [-0.2, 0) is 4.79 Å². The molecule has 2 N–H and O–H groups in total. The molecule has 0 fully saturated rings. The molecule has 1 atom stereocenters. The van der Waals surface area contributed by atoms with Gasteiger partial charge in [-0.3, -0.25) is 4.79 Å². The Bertz CT molecular complexity index is 668. The topological polar surface area (TPSA) is 59.6 Å². The van der Waals surface area contributed by atoms with E-state index in [1.54, 1.807) is 27.2 Å². The van der Waals surface area contributed by atoms with Crippen LogP contribution in [0.4, 0.5) is 11.4 Å². The summed E-state index contributed by atoms with van der Waals surface area (Å²) in [4.78, 5) is 12.3. The van der Waals surface area contributed by atoms with Crippen molar-refractivity contribution in [1.29, 1.82) is 0 Å². The van der Waals surface area contributed by atoms with Crippen LogP contribution in [0.3, 0.4) is 0 Å². The van der Waals surface area contributed by atoms with Gasteiger partial charge in [-0.2, -0.15) is 0 Å². The second-order valence-electron chi connectivity index (χ2n) is 5.29. The number of aryl methyl sites for hydroxylation is 1. The number of ether oxygens (including phenoxy) is 2. The van der Waals surface area contributed by atoms with E-state index >= 15 is 0 Å². The van der Waals surface area contributed by atoms with E-state index in [0.29, 0.717) is 11.5 Å². The fourth-order valence-electron chi connectivity index (χ4n) is 2.10. The summed E-state index contributed by atoms with van der Waals surface area (Å²) >= 11 is 0. The van der Waals surface area contributed by atoms with Crippen LogP contribution >= 0.6 is 0 Å². The Balaban J connectivity index is 2.04. The molecule has 0 aromatic heterocycles. The van der Waals surface area contributed by atoms with Crippen molar-refractivity contribution in [3.63, 3.8) is 0 Å². The van der Waals surface area contributed by atoms with Crippen molar-refractivity contribution in [2.45, 2.75) is 19.9 Å². The van der Waals surface area contributed by atoms with Gasteiger partial charge in [-0.1, -0.05) is 17.7 Å². The van der Waals surface area contributed by atoms with Crippen LogP contribution in [0.1, 0.15) is 12.5 Å². The molecule has 0 radical (unpaired) electrons. The lowest BCUT2D eigenvalue weighted by Crippen LogP contribution is -2.32. The Labute approximate surface area is 136 Å². The highest BCUT2D eigenvalue weighted by molar-refractivity contribution is 5.96. The summed E-state index contributed by atoms with van der Waals surface area (Å²) in [6, 6.07) is 12.7. The third kappa shape index (κ3) is 4.39. The summed E-state index contributed by atoms with van der Waals surface area (Å²) in [7, 11) is 3.18. The number of hydrogen-bond acceptors (Lipinski definition) is 4. The van der Waals surface area contributed by atoms with Gasteiger partial charge in [-0.25, -0.2) is 0 Å². The summed E-state index contributed by atoms with van der Waals surface area (Å²) in [6.07, 6.45) is 0. The van der Waals surface area contributed by atoms with Crippen molar-refractivity contribution in [3.05, 3.63) is 48.0 Å². The predicted octanol–water partition coefficient (Wildman–Crippen LogP) is 3.45. The molecule has 0 spiro atoms. The zero-order valence-corrected chi connectivity index (χ0v) is 13.8. The van der Waals surface area contributed by atoms with E-state index in [-0.39, 0.29) is 5.91 Å². The number of carbonyl (C=O) groups is 1. The highest BCUT2D eigenvalue weighted by Gasteiger charge is 2.15. The zero-order chi connectivity index (χ0) is 16.8. The van der Waals surface area contributed by atoms with Crippen LogP contribution in [0.2, 0.25) is 0 Å². The number of hydrogen-bond donors (Lipinski definition) is 2. The molecule has 5 heteroatoms. The first-order valence-corrected chi connectivity index (χ1v) is 7.39. The van der Waals surface area contributed by atoms with Gasteiger partial charge in [0, 0.05) is 11.8 Å². The number of amides is 1. The average Bonchev–Trinajstić information content (AvgIpc) is 2.57. The highest BCUT2D eigenvalue weighted by atomic mass is 16.5. The van der Waals surface area contributed by atoms with Gasteiger partial charge < -0.3 is 20.1 Å². The van der Waals surface area contributed by atoms with Crippen molar-refractivity contribution in [2.24, 2.45) is 0 Å². The fraction of sp³-hybridized carbons (Fsp3) is 0.278. The van der Waals surface area contributed by atoms with Crippen molar-refractivity contribution in [3.8, 4) is 11.5 Å². The van der Waals surface area contributed by atoms with Crippen molar-refractivity contribution in [1.82, 2.24) is 0 Å². The minimum Gasteiger partial charge on any atom is -0.497 e. The Morgan fingerprint density at radius 3 is 2.35 bits per heavy atom. The molecule has 2 aromatic rings. The van der Waals surface area contributed by atoms with E-state index in [4.69, 9.17) is 9.47 Å². The molecule has 0 bridgehead atoms. The Morgan fingerprint density at radius 1 is 1.04 bits per heavy atom. The molecule has 0 heterocycles. The molecule has 23 heavy (non-hydrogen) atoms. The summed E-state index contributed by atoms with van der Waals surface area (Å²) in [6.45, 7) is 3.80. The lowest BCUT2D eigenvalue weighted by molar-refractivity contribution is -0.116. The predicted molar refractivity (Wildman–Crippen MR) is 92.4 cm³/mol. The number of rotatable bonds is 6. The first-order valence-electron chi connectivity index (χ1n) is 7.39. The smallest absolute Gasteiger partial charge is 0.246 e. The summed E-state index contributed by atoms with van der Waals surface area (Å²) in [5, 5.41) is 6.03. The lowest BCUT2D eigenvalue weighted by Gasteiger charge is -2.18. The molecule has 5 nitrogen and oxygen atoms in total. The van der Waals surface area contributed by atoms with Crippen LogP contribution in [0.5, 0.6) is 11.5 Å². The third-order valence-corrected chi connectivity index (χ3v) is 3.49. The van der Waals surface area contributed by atoms with Crippen molar-refractivity contribution < 1.29 is 14.3 Å². The monoisotopic (exact) mass is 314 g/mol. The minimum atomic E-state index is -0.418. The minimum absolute atomic E-state index is 0.119. The Morgan fingerprint density at radius 2 is 1.74 bits per heavy atom. The molecule has 0 aliphatic rings. The molecule has 2 rings (SSSR count). The van der Waals surface area contributed by atoms with Crippen LogP contribution in [0.25, 0.3) is 0 Å². The van der Waals surface area contributed by atoms with Gasteiger partial charge in [-0.05, 0) is 38.1 Å². The number of nitrogens with one attached hydrogen (secondary N) is 2. The van der Waals surface area contributed by atoms with E-state index in [0.717, 1.165) is 16.9 Å². The molecular weight excluding hydrogens is 292 g/mol. The SMILES string of the molecule is COc1ccc(NC(C)C(=O)Nc2ccc(C)cc2)c(OC)c1. The van der Waals surface area contributed by atoms with Gasteiger partial charge in [0.1, 0.15) is 17.5 Å². The first kappa shape index (κ1) is 16.7. The van der Waals surface area contributed by atoms with Gasteiger partial charge in [0.05, 0.1) is 19.9 Å². The second kappa shape index (κ2) is 7.54. The maximum absolute atomic E-state index is 12.3. The maximum Gasteiger partial charge on any atom is 0.246 e. The summed E-state index contributed by atoms with van der Waals surface area (Å²) < 4.78 is 10.5. The van der Waals surface area contributed by atoms with Gasteiger partial charge in [0.2, 0.25) is 5.91 Å². The number of methoxy groups -OCH3 is 2. The molecule has 0 aliphatic heterocycles. The molecule has 1 unspecified atom stereocenters. The molecule has 1 amide bonds. The molecule has 122 valence electrons. The second-order valence-corrected chi connectivity index (χ2v) is 5.29. The molecule has 2 aromatic carbocycles. The highest BCUT2D eigenvalue weighted by Crippen LogP contribution is 2.29. The summed E-state index contributed by atoms with van der Waals surface area (Å²) in [5.74, 6) is 1.20. The van der Waals surface area contributed by atoms with Gasteiger partial charge in [0.15, 0.2) is 0 Å². The van der Waals surface area contributed by atoms with Crippen molar-refractivity contribution in [2.75, 3.05) is 24.9 Å². The zero-order valence-electron chi connectivity index (χ0n) is 13.8. The number of benzene rings is 2. The standard InChI is InChI=1S/C18H22N2O3/c1-12-5-7-14(8-6-12)20-18(21)13(2)19-16-10-9-15(22-3)11-17(16)23-4/h5-11,13,19H,1-4H3,(H,20,21). The van der Waals surface area contributed by atoms with E-state index in [2.05, 4.69) is 10.6 Å². The van der Waals surface area contributed by atoms with E-state index in [9.17, 15) is 4.79 Å². The third-order valence-electron chi connectivity index (χ3n) is 3.49. The molecular formula is C18H22N2O3. The number of anilines is 2. The van der Waals surface area contributed by atoms with Crippen LogP contribution in [0, 0.1) is 6.92 Å². The maximum atomic E-state index is 12.3. The van der Waals surface area contributed by atoms with Crippen molar-refractivity contribution >= 4 is 17.3 Å². The van der Waals surface area contributed by atoms with Crippen LogP contribution < -0.4 is 20.1 Å². The fourth-order valence-corrected chi connectivity index (χ4v) is 2.10. The molecule has 0 aliphatic carbocycles. The van der Waals surface area contributed by atoms with Gasteiger partial charge in [-0.15, -0.1) is 0 Å². The molecule has 0 saturated carbocycles. The largest absolute Gasteiger partial charge is 0.497 e. The summed E-state index contributed by atoms with van der Waals surface area (Å²) in [5.41, 5.74) is 2.66. The normalized spacial score (nSPS) is 11.5. The van der Waals surface area contributed by atoms with E-state index in [1.807, 2.05) is 43.3 Å². The van der Waals surface area contributed by atoms with E-state index in [1.165, 1.54) is 0 Å². The van der Waals surface area contributed by atoms with E-state index < -0.39 is 6.04 Å². The Kier molecular flexibility index (Phi) is 5.46. The average molecular weight is 314 g/mol.